The molecule has 7 aromatic rings. The van der Waals surface area contributed by atoms with Crippen molar-refractivity contribution in [1.82, 2.24) is 0 Å². The summed E-state index contributed by atoms with van der Waals surface area (Å²) in [6.45, 7) is 0. The molecule has 3 nitrogen and oxygen atoms in total. The Morgan fingerprint density at radius 2 is 0.765 bits per heavy atom. The lowest BCUT2D eigenvalue weighted by atomic mass is 9.77. The standard InChI is InChI=1S/C48H35NO2/c50-44-32-43(48(51)40-29-17-16-28-39(40)44)49-47-41(45(34-20-8-2-9-21-34)35-22-10-3-11-23-35)30-38(33-18-6-1-7-19-33)31-42(47)46(36-24-12-4-13-25-36)37-26-14-5-15-27-37/h1-32,45-46,49H. The van der Waals surface area contributed by atoms with E-state index in [-0.39, 0.29) is 29.1 Å². The SMILES string of the molecule is O=C1C=C(Nc2c(C(c3ccccc3)c3ccccc3)cc(-c3ccccc3)cc2C(c2ccccc2)c2ccccc2)C(=O)c2ccccc21. The van der Waals surface area contributed by atoms with E-state index in [9.17, 15) is 9.59 Å². The van der Waals surface area contributed by atoms with E-state index in [2.05, 4.69) is 139 Å². The van der Waals surface area contributed by atoms with Gasteiger partial charge in [-0.2, -0.15) is 0 Å². The summed E-state index contributed by atoms with van der Waals surface area (Å²) in [7, 11) is 0. The first-order valence-corrected chi connectivity index (χ1v) is 17.3. The zero-order valence-electron chi connectivity index (χ0n) is 27.9. The fourth-order valence-corrected chi connectivity index (χ4v) is 7.31. The summed E-state index contributed by atoms with van der Waals surface area (Å²) in [4.78, 5) is 27.7. The molecule has 0 aromatic heterocycles. The second kappa shape index (κ2) is 14.1. The van der Waals surface area contributed by atoms with E-state index in [0.717, 1.165) is 50.2 Å². The number of rotatable bonds is 9. The van der Waals surface area contributed by atoms with Crippen molar-refractivity contribution in [3.63, 3.8) is 0 Å². The van der Waals surface area contributed by atoms with Gasteiger partial charge in [0.25, 0.3) is 0 Å². The van der Waals surface area contributed by atoms with Gasteiger partial charge in [0.15, 0.2) is 5.78 Å². The molecular weight excluding hydrogens is 623 g/mol. The highest BCUT2D eigenvalue weighted by Gasteiger charge is 2.31. The second-order valence-electron chi connectivity index (χ2n) is 12.8. The van der Waals surface area contributed by atoms with Gasteiger partial charge in [-0.25, -0.2) is 0 Å². The first-order valence-electron chi connectivity index (χ1n) is 17.3. The zero-order chi connectivity index (χ0) is 34.6. The molecule has 0 saturated heterocycles. The van der Waals surface area contributed by atoms with Crippen molar-refractivity contribution in [3.05, 3.63) is 244 Å². The Kier molecular flexibility index (Phi) is 8.76. The molecule has 7 aromatic carbocycles. The van der Waals surface area contributed by atoms with Crippen LogP contribution in [0.1, 0.15) is 65.9 Å². The van der Waals surface area contributed by atoms with E-state index in [4.69, 9.17) is 0 Å². The van der Waals surface area contributed by atoms with Gasteiger partial charge in [0, 0.05) is 34.7 Å². The molecule has 0 aliphatic heterocycles. The van der Waals surface area contributed by atoms with Crippen LogP contribution in [0, 0.1) is 0 Å². The molecule has 1 aliphatic carbocycles. The minimum absolute atomic E-state index is 0.193. The number of allylic oxidation sites excluding steroid dienone is 2. The molecule has 0 spiro atoms. The third-order valence-corrected chi connectivity index (χ3v) is 9.68. The van der Waals surface area contributed by atoms with Crippen LogP contribution < -0.4 is 5.32 Å². The van der Waals surface area contributed by atoms with Crippen molar-refractivity contribution >= 4 is 17.3 Å². The molecule has 1 N–H and O–H groups in total. The maximum absolute atomic E-state index is 14.2. The number of anilines is 1. The number of nitrogens with one attached hydrogen (secondary N) is 1. The number of benzene rings is 7. The summed E-state index contributed by atoms with van der Waals surface area (Å²) in [5.41, 5.74) is 10.5. The molecule has 0 radical (unpaired) electrons. The average Bonchev–Trinajstić information content (AvgIpc) is 3.20. The summed E-state index contributed by atoms with van der Waals surface area (Å²) < 4.78 is 0. The summed E-state index contributed by atoms with van der Waals surface area (Å²) in [5.74, 6) is -0.804. The predicted octanol–water partition coefficient (Wildman–Crippen LogP) is 11.1. The van der Waals surface area contributed by atoms with Gasteiger partial charge in [0.2, 0.25) is 5.78 Å². The Labute approximate surface area is 298 Å². The van der Waals surface area contributed by atoms with Crippen molar-refractivity contribution < 1.29 is 9.59 Å². The molecule has 51 heavy (non-hydrogen) atoms. The van der Waals surface area contributed by atoms with E-state index >= 15 is 0 Å². The van der Waals surface area contributed by atoms with Gasteiger partial charge in [0.05, 0.1) is 5.70 Å². The molecule has 8 rings (SSSR count). The highest BCUT2D eigenvalue weighted by Crippen LogP contribution is 2.46. The molecule has 244 valence electrons. The summed E-state index contributed by atoms with van der Waals surface area (Å²) >= 11 is 0. The van der Waals surface area contributed by atoms with Crippen molar-refractivity contribution in [2.24, 2.45) is 0 Å². The van der Waals surface area contributed by atoms with Crippen molar-refractivity contribution in [2.45, 2.75) is 11.8 Å². The normalized spacial score (nSPS) is 12.5. The fourth-order valence-electron chi connectivity index (χ4n) is 7.31. The van der Waals surface area contributed by atoms with E-state index in [1.807, 2.05) is 30.3 Å². The molecule has 0 heterocycles. The summed E-state index contributed by atoms with van der Waals surface area (Å²) in [6, 6.07) is 64.0. The summed E-state index contributed by atoms with van der Waals surface area (Å²) in [6.07, 6.45) is 1.46. The molecule has 1 aliphatic rings. The van der Waals surface area contributed by atoms with Crippen LogP contribution in [0.25, 0.3) is 11.1 Å². The van der Waals surface area contributed by atoms with Crippen LogP contribution >= 0.6 is 0 Å². The monoisotopic (exact) mass is 657 g/mol. The highest BCUT2D eigenvalue weighted by atomic mass is 16.1. The van der Waals surface area contributed by atoms with Crippen LogP contribution in [0.2, 0.25) is 0 Å². The molecule has 0 atom stereocenters. The average molecular weight is 658 g/mol. The van der Waals surface area contributed by atoms with Crippen molar-refractivity contribution in [3.8, 4) is 11.1 Å². The number of carbonyl (C=O) groups is 2. The van der Waals surface area contributed by atoms with Crippen LogP contribution in [0.5, 0.6) is 0 Å². The number of ketones is 2. The molecule has 0 amide bonds. The first-order chi connectivity index (χ1) is 25.2. The predicted molar refractivity (Wildman–Crippen MR) is 206 cm³/mol. The Hall–Kier alpha value is -6.58. The third-order valence-electron chi connectivity index (χ3n) is 9.68. The smallest absolute Gasteiger partial charge is 0.210 e. The first kappa shape index (κ1) is 31.7. The largest absolute Gasteiger partial charge is 0.352 e. The molecule has 0 bridgehead atoms. The van der Waals surface area contributed by atoms with E-state index in [0.29, 0.717) is 11.1 Å². The number of carbonyl (C=O) groups excluding carboxylic acids is 2. The van der Waals surface area contributed by atoms with Gasteiger partial charge >= 0.3 is 0 Å². The fraction of sp³-hybridized carbons (Fsp3) is 0.0417. The van der Waals surface area contributed by atoms with E-state index < -0.39 is 0 Å². The van der Waals surface area contributed by atoms with Crippen LogP contribution in [0.4, 0.5) is 5.69 Å². The number of hydrogen-bond acceptors (Lipinski definition) is 3. The van der Waals surface area contributed by atoms with Gasteiger partial charge in [-0.05, 0) is 56.6 Å². The lowest BCUT2D eigenvalue weighted by molar-refractivity contribution is 0.0985. The summed E-state index contributed by atoms with van der Waals surface area (Å²) in [5, 5.41) is 3.65. The highest BCUT2D eigenvalue weighted by molar-refractivity contribution is 6.25. The lowest BCUT2D eigenvalue weighted by Crippen LogP contribution is -2.23. The van der Waals surface area contributed by atoms with Crippen LogP contribution in [0.3, 0.4) is 0 Å². The Bertz CT molecular complexity index is 2170. The third kappa shape index (κ3) is 6.34. The minimum atomic E-state index is -0.207. The van der Waals surface area contributed by atoms with Gasteiger partial charge in [-0.15, -0.1) is 0 Å². The number of hydrogen-bond donors (Lipinski definition) is 1. The molecule has 3 heteroatoms. The van der Waals surface area contributed by atoms with E-state index in [1.165, 1.54) is 6.08 Å². The molecule has 0 saturated carbocycles. The van der Waals surface area contributed by atoms with Gasteiger partial charge < -0.3 is 5.32 Å². The van der Waals surface area contributed by atoms with Crippen LogP contribution in [-0.2, 0) is 0 Å². The van der Waals surface area contributed by atoms with Gasteiger partial charge in [-0.1, -0.05) is 176 Å². The number of Topliss-reactive ketones (excluding diaryl/α,β-unsaturated/α-hetero) is 1. The lowest BCUT2D eigenvalue weighted by Gasteiger charge is -2.30. The van der Waals surface area contributed by atoms with Crippen molar-refractivity contribution in [1.29, 1.82) is 0 Å². The quantitative estimate of drug-likeness (QED) is 0.157. The second-order valence-corrected chi connectivity index (χ2v) is 12.8. The van der Waals surface area contributed by atoms with Crippen LogP contribution in [-0.4, -0.2) is 11.6 Å². The topological polar surface area (TPSA) is 46.2 Å². The van der Waals surface area contributed by atoms with Gasteiger partial charge in [-0.3, -0.25) is 9.59 Å². The van der Waals surface area contributed by atoms with E-state index in [1.54, 1.807) is 24.3 Å². The Balaban J connectivity index is 1.46. The van der Waals surface area contributed by atoms with Crippen molar-refractivity contribution in [2.75, 3.05) is 5.32 Å². The molecule has 0 unspecified atom stereocenters. The maximum Gasteiger partial charge on any atom is 0.210 e. The molecule has 0 fully saturated rings. The zero-order valence-corrected chi connectivity index (χ0v) is 27.9. The Morgan fingerprint density at radius 3 is 1.20 bits per heavy atom. The minimum Gasteiger partial charge on any atom is -0.352 e. The van der Waals surface area contributed by atoms with Gasteiger partial charge in [0.1, 0.15) is 0 Å². The van der Waals surface area contributed by atoms with Crippen LogP contribution in [0.15, 0.2) is 200 Å². The Morgan fingerprint density at radius 1 is 0.392 bits per heavy atom. The number of fused-ring (bicyclic) bond motifs is 1. The molecular formula is C48H35NO2. The maximum atomic E-state index is 14.2.